The monoisotopic (exact) mass is 324 g/mol. The lowest BCUT2D eigenvalue weighted by Crippen LogP contribution is -2.42. The van der Waals surface area contributed by atoms with Crippen molar-refractivity contribution >= 4 is 23.2 Å². The van der Waals surface area contributed by atoms with Gasteiger partial charge in [0.15, 0.2) is 0 Å². The predicted octanol–water partition coefficient (Wildman–Crippen LogP) is 1.63. The number of hydrogen-bond donors (Lipinski definition) is 3. The molecule has 0 bridgehead atoms. The van der Waals surface area contributed by atoms with Crippen LogP contribution in [0.3, 0.4) is 0 Å². The first-order valence-electron chi connectivity index (χ1n) is 7.94. The molecule has 1 aliphatic carbocycles. The quantitative estimate of drug-likeness (QED) is 0.713. The van der Waals surface area contributed by atoms with E-state index in [2.05, 4.69) is 10.6 Å². The highest BCUT2D eigenvalue weighted by molar-refractivity contribution is 7.14. The molecule has 0 aliphatic heterocycles. The summed E-state index contributed by atoms with van der Waals surface area (Å²) in [6.07, 6.45) is 5.80. The molecule has 1 heterocycles. The number of carbonyl (C=O) groups is 2. The Balaban J connectivity index is 1.82. The number of aliphatic hydroxyl groups is 1. The van der Waals surface area contributed by atoms with E-state index in [1.54, 1.807) is 11.3 Å². The van der Waals surface area contributed by atoms with Crippen molar-refractivity contribution in [3.8, 4) is 0 Å². The molecule has 0 fully saturated rings. The van der Waals surface area contributed by atoms with Crippen LogP contribution in [0.15, 0.2) is 6.07 Å². The number of aryl methyl sites for hydroxylation is 2. The van der Waals surface area contributed by atoms with Gasteiger partial charge in [-0.05, 0) is 50.2 Å². The van der Waals surface area contributed by atoms with Crippen LogP contribution < -0.4 is 10.6 Å². The molecule has 1 aromatic heterocycles. The molecule has 1 aromatic rings. The van der Waals surface area contributed by atoms with Gasteiger partial charge in [0.05, 0.1) is 11.4 Å². The first-order valence-corrected chi connectivity index (χ1v) is 8.75. The molecule has 1 aliphatic rings. The number of amides is 2. The first kappa shape index (κ1) is 17.0. The van der Waals surface area contributed by atoms with E-state index in [9.17, 15) is 9.59 Å². The number of aliphatic hydroxyl groups excluding tert-OH is 1. The lowest BCUT2D eigenvalue weighted by molar-refractivity contribution is -0.120. The molecule has 0 saturated carbocycles. The van der Waals surface area contributed by atoms with E-state index in [0.29, 0.717) is 11.3 Å². The molecule has 6 heteroatoms. The van der Waals surface area contributed by atoms with Crippen LogP contribution in [0.2, 0.25) is 0 Å². The summed E-state index contributed by atoms with van der Waals surface area (Å²) < 4.78 is 0. The van der Waals surface area contributed by atoms with Gasteiger partial charge in [-0.3, -0.25) is 9.59 Å². The average Bonchev–Trinajstić information content (AvgIpc) is 2.96. The molecule has 2 amide bonds. The van der Waals surface area contributed by atoms with Gasteiger partial charge in [-0.25, -0.2) is 0 Å². The van der Waals surface area contributed by atoms with Crippen molar-refractivity contribution in [2.45, 2.75) is 51.5 Å². The third kappa shape index (κ3) is 4.55. The van der Waals surface area contributed by atoms with Crippen molar-refractivity contribution in [3.63, 3.8) is 0 Å². The molecule has 0 saturated heterocycles. The van der Waals surface area contributed by atoms with Gasteiger partial charge in [0.2, 0.25) is 5.91 Å². The summed E-state index contributed by atoms with van der Waals surface area (Å²) in [5.74, 6) is -0.389. The fourth-order valence-electron chi connectivity index (χ4n) is 2.66. The molecular formula is C16H24N2O3S. The van der Waals surface area contributed by atoms with E-state index < -0.39 is 0 Å². The van der Waals surface area contributed by atoms with E-state index in [4.69, 9.17) is 5.11 Å². The third-order valence-electron chi connectivity index (χ3n) is 3.97. The maximum Gasteiger partial charge on any atom is 0.261 e. The van der Waals surface area contributed by atoms with Gasteiger partial charge in [0.25, 0.3) is 5.91 Å². The third-order valence-corrected chi connectivity index (χ3v) is 5.20. The zero-order valence-corrected chi connectivity index (χ0v) is 13.8. The lowest BCUT2D eigenvalue weighted by atomic mass is 9.99. The van der Waals surface area contributed by atoms with E-state index in [1.807, 2.05) is 13.0 Å². The fourth-order valence-corrected chi connectivity index (χ4v) is 3.83. The van der Waals surface area contributed by atoms with Crippen molar-refractivity contribution in [2.24, 2.45) is 0 Å². The Kier molecular flexibility index (Phi) is 6.39. The average molecular weight is 324 g/mol. The van der Waals surface area contributed by atoms with Crippen molar-refractivity contribution in [1.82, 2.24) is 10.6 Å². The minimum absolute atomic E-state index is 0.0245. The minimum Gasteiger partial charge on any atom is -0.396 e. The molecular weight excluding hydrogens is 300 g/mol. The van der Waals surface area contributed by atoms with E-state index in [1.165, 1.54) is 23.3 Å². The van der Waals surface area contributed by atoms with Gasteiger partial charge in [-0.15, -0.1) is 11.3 Å². The predicted molar refractivity (Wildman–Crippen MR) is 87.2 cm³/mol. The Bertz CT molecular complexity index is 504. The van der Waals surface area contributed by atoms with Crippen LogP contribution in [0.5, 0.6) is 0 Å². The Morgan fingerprint density at radius 2 is 2.14 bits per heavy atom. The molecule has 1 atom stereocenters. The van der Waals surface area contributed by atoms with Gasteiger partial charge in [0, 0.05) is 17.5 Å². The lowest BCUT2D eigenvalue weighted by Gasteiger charge is -2.15. The number of rotatable bonds is 7. The van der Waals surface area contributed by atoms with Gasteiger partial charge in [-0.1, -0.05) is 6.92 Å². The van der Waals surface area contributed by atoms with Gasteiger partial charge < -0.3 is 15.7 Å². The normalized spacial score (nSPS) is 15.0. The second-order valence-corrected chi connectivity index (χ2v) is 6.77. The minimum atomic E-state index is -0.213. The van der Waals surface area contributed by atoms with Crippen LogP contribution in [-0.4, -0.2) is 36.1 Å². The van der Waals surface area contributed by atoms with Crippen LogP contribution in [0.4, 0.5) is 0 Å². The number of nitrogens with one attached hydrogen (secondary N) is 2. The molecule has 122 valence electrons. The van der Waals surface area contributed by atoms with Crippen LogP contribution in [-0.2, 0) is 17.6 Å². The fraction of sp³-hybridized carbons (Fsp3) is 0.625. The molecule has 3 N–H and O–H groups in total. The Labute approximate surface area is 135 Å². The Morgan fingerprint density at radius 3 is 2.82 bits per heavy atom. The second kappa shape index (κ2) is 8.29. The molecule has 0 radical (unpaired) electrons. The van der Waals surface area contributed by atoms with Crippen molar-refractivity contribution in [3.05, 3.63) is 21.4 Å². The summed E-state index contributed by atoms with van der Waals surface area (Å²) in [7, 11) is 0. The van der Waals surface area contributed by atoms with Crippen LogP contribution in [0, 0.1) is 0 Å². The zero-order chi connectivity index (χ0) is 15.9. The highest BCUT2D eigenvalue weighted by atomic mass is 32.1. The molecule has 1 unspecified atom stereocenters. The molecule has 22 heavy (non-hydrogen) atoms. The van der Waals surface area contributed by atoms with Gasteiger partial charge in [-0.2, -0.15) is 0 Å². The summed E-state index contributed by atoms with van der Waals surface area (Å²) in [5, 5.41) is 14.4. The standard InChI is InChI=1S/C16H24N2O3S/c1-2-12(7-8-19)18-15(20)10-17-16(21)14-9-11-5-3-4-6-13(11)22-14/h9,12,19H,2-8,10H2,1H3,(H,17,21)(H,18,20). The Hall–Kier alpha value is -1.40. The van der Waals surface area contributed by atoms with E-state index in [0.717, 1.165) is 19.3 Å². The van der Waals surface area contributed by atoms with Crippen LogP contribution >= 0.6 is 11.3 Å². The largest absolute Gasteiger partial charge is 0.396 e. The van der Waals surface area contributed by atoms with Crippen LogP contribution in [0.25, 0.3) is 0 Å². The summed E-state index contributed by atoms with van der Waals surface area (Å²) in [6.45, 7) is 1.98. The number of fused-ring (bicyclic) bond motifs is 1. The second-order valence-electron chi connectivity index (χ2n) is 5.63. The number of hydrogen-bond acceptors (Lipinski definition) is 4. The number of carbonyl (C=O) groups excluding carboxylic acids is 2. The van der Waals surface area contributed by atoms with E-state index in [-0.39, 0.29) is 31.0 Å². The summed E-state index contributed by atoms with van der Waals surface area (Å²) >= 11 is 1.54. The smallest absolute Gasteiger partial charge is 0.261 e. The maximum atomic E-state index is 12.1. The van der Waals surface area contributed by atoms with Crippen LogP contribution in [0.1, 0.15) is 52.7 Å². The maximum absolute atomic E-state index is 12.1. The van der Waals surface area contributed by atoms with Gasteiger partial charge in [0.1, 0.15) is 0 Å². The SMILES string of the molecule is CCC(CCO)NC(=O)CNC(=O)c1cc2c(s1)CCCC2. The molecule has 0 aromatic carbocycles. The first-order chi connectivity index (χ1) is 10.6. The molecule has 5 nitrogen and oxygen atoms in total. The zero-order valence-electron chi connectivity index (χ0n) is 13.0. The highest BCUT2D eigenvalue weighted by Gasteiger charge is 2.18. The summed E-state index contributed by atoms with van der Waals surface area (Å²) in [5.41, 5.74) is 1.29. The highest BCUT2D eigenvalue weighted by Crippen LogP contribution is 2.29. The molecule has 0 spiro atoms. The summed E-state index contributed by atoms with van der Waals surface area (Å²) in [6, 6.07) is 1.93. The molecule has 2 rings (SSSR count). The Morgan fingerprint density at radius 1 is 1.36 bits per heavy atom. The van der Waals surface area contributed by atoms with Crippen molar-refractivity contribution in [2.75, 3.05) is 13.2 Å². The summed E-state index contributed by atoms with van der Waals surface area (Å²) in [4.78, 5) is 26.0. The van der Waals surface area contributed by atoms with Crippen molar-refractivity contribution in [1.29, 1.82) is 0 Å². The van der Waals surface area contributed by atoms with Gasteiger partial charge >= 0.3 is 0 Å². The van der Waals surface area contributed by atoms with E-state index >= 15 is 0 Å². The number of thiophene rings is 1. The van der Waals surface area contributed by atoms with Crippen molar-refractivity contribution < 1.29 is 14.7 Å². The topological polar surface area (TPSA) is 78.4 Å².